The van der Waals surface area contributed by atoms with E-state index >= 15 is 4.39 Å². The number of aromatic amines is 3. The van der Waals surface area contributed by atoms with Crippen LogP contribution in [0.2, 0.25) is 0 Å². The molecule has 0 saturated carbocycles. The number of alkyl halides is 3. The molecule has 82 heavy (non-hydrogen) atoms. The maximum atomic E-state index is 15.8. The van der Waals surface area contributed by atoms with E-state index < -0.39 is 163 Å². The fourth-order valence-electron chi connectivity index (χ4n) is 7.63. The van der Waals surface area contributed by atoms with Crippen LogP contribution in [0.25, 0.3) is 0 Å². The molecule has 3 aromatic heterocycles. The molecule has 0 unspecified atom stereocenters. The van der Waals surface area contributed by atoms with Crippen LogP contribution in [0.4, 0.5) is 13.2 Å². The number of ether oxygens (including phenoxy) is 5. The van der Waals surface area contributed by atoms with Crippen molar-refractivity contribution in [1.82, 2.24) is 38.8 Å². The maximum absolute atomic E-state index is 15.8. The first-order valence-corrected chi connectivity index (χ1v) is 27.9. The van der Waals surface area contributed by atoms with Gasteiger partial charge >= 0.3 is 42.8 Å². The molecule has 14 atom stereocenters. The second kappa shape index (κ2) is 28.4. The second-order valence-corrected chi connectivity index (χ2v) is 24.2. The van der Waals surface area contributed by atoms with Crippen molar-refractivity contribution in [3.8, 4) is 0 Å². The molecule has 39 heteroatoms. The van der Waals surface area contributed by atoms with E-state index in [9.17, 15) is 86.9 Å². The highest BCUT2D eigenvalue weighted by Gasteiger charge is 2.66. The summed E-state index contributed by atoms with van der Waals surface area (Å²) in [4.78, 5) is 98.6. The predicted molar refractivity (Wildman–Crippen MR) is 280 cm³/mol. The largest absolute Gasteiger partial charge is 0.465 e. The van der Waals surface area contributed by atoms with Crippen molar-refractivity contribution in [3.63, 3.8) is 0 Å². The van der Waals surface area contributed by atoms with Gasteiger partial charge < -0.3 is 64.0 Å². The minimum absolute atomic E-state index is 0. The molecule has 3 aromatic rings. The first-order valence-electron chi connectivity index (χ1n) is 22.8. The third-order valence-corrected chi connectivity index (χ3v) is 14.7. The fraction of sp³-hybridized carbons (Fsp3) is 0.674. The number of aliphatic hydroxyl groups is 7. The molecule has 12 N–H and O–H groups in total. The van der Waals surface area contributed by atoms with Crippen LogP contribution in [-0.4, -0.2) is 174 Å². The summed E-state index contributed by atoms with van der Waals surface area (Å²) in [6.07, 6.45) is -13.0. The van der Waals surface area contributed by atoms with Gasteiger partial charge in [0.25, 0.3) is 34.2 Å². The molecule has 3 aliphatic heterocycles. The minimum Gasteiger partial charge on any atom is -0.465 e. The lowest BCUT2D eigenvalue weighted by Crippen LogP contribution is -2.50. The number of nitrogens with one attached hydrogen (secondary N) is 5. The van der Waals surface area contributed by atoms with E-state index in [4.69, 9.17) is 55.8 Å². The number of halogens is 5. The van der Waals surface area contributed by atoms with Crippen molar-refractivity contribution < 1.29 is 100 Å². The molecule has 0 aromatic carbocycles. The van der Waals surface area contributed by atoms with Crippen molar-refractivity contribution in [3.05, 3.63) is 99.3 Å². The number of hydrogen-bond donors (Lipinski definition) is 12. The maximum Gasteiger partial charge on any atom is 0.380 e. The van der Waals surface area contributed by atoms with Gasteiger partial charge in [-0.3, -0.25) is 66.3 Å². The average Bonchev–Trinajstić information content (AvgIpc) is 3.86. The van der Waals surface area contributed by atoms with Crippen LogP contribution in [0.1, 0.15) is 89.4 Å². The zero-order chi connectivity index (χ0) is 60.2. The third kappa shape index (κ3) is 17.0. The van der Waals surface area contributed by atoms with Crippen LogP contribution < -0.4 is 43.9 Å². The molecular formula is C43H69Cl2F3N8O24P2. The molecule has 3 saturated heterocycles. The van der Waals surface area contributed by atoms with Gasteiger partial charge in [0.1, 0.15) is 67.0 Å². The number of aliphatic hydroxyl groups excluding tert-OH is 4. The van der Waals surface area contributed by atoms with E-state index in [1.165, 1.54) is 13.8 Å². The Morgan fingerprint density at radius 3 is 1.16 bits per heavy atom. The first-order chi connectivity index (χ1) is 36.2. The van der Waals surface area contributed by atoms with Crippen LogP contribution in [0, 0.1) is 0 Å². The molecule has 0 aliphatic carbocycles. The molecule has 32 nitrogen and oxygen atoms in total. The normalized spacial score (nSPS) is 31.1. The molecule has 3 aliphatic rings. The summed E-state index contributed by atoms with van der Waals surface area (Å²) in [7, 11) is -4.49. The lowest BCUT2D eigenvalue weighted by atomic mass is 9.95. The molecule has 0 spiro atoms. The summed E-state index contributed by atoms with van der Waals surface area (Å²) >= 11 is 10.3. The Hall–Kier alpha value is -4.75. The number of esters is 2. The summed E-state index contributed by atoms with van der Waals surface area (Å²) in [5, 5.41) is 74.8. The van der Waals surface area contributed by atoms with Gasteiger partial charge in [0.15, 0.2) is 18.7 Å². The predicted octanol–water partition coefficient (Wildman–Crippen LogP) is -0.761. The Labute approximate surface area is 472 Å². The summed E-state index contributed by atoms with van der Waals surface area (Å²) in [5.74, 6) is -10.9. The van der Waals surface area contributed by atoms with Crippen molar-refractivity contribution in [2.75, 3.05) is 33.0 Å². The van der Waals surface area contributed by atoms with E-state index in [-0.39, 0.29) is 35.5 Å². The van der Waals surface area contributed by atoms with Crippen LogP contribution in [0.5, 0.6) is 0 Å². The van der Waals surface area contributed by atoms with Crippen molar-refractivity contribution in [1.29, 1.82) is 0 Å². The van der Waals surface area contributed by atoms with E-state index in [0.29, 0.717) is 9.13 Å². The lowest BCUT2D eigenvalue weighted by Gasteiger charge is -2.30. The van der Waals surface area contributed by atoms with Gasteiger partial charge in [-0.2, -0.15) is 0 Å². The fourth-order valence-corrected chi connectivity index (χ4v) is 10.1. The highest BCUT2D eigenvalue weighted by molar-refractivity contribution is 8.05. The standard InChI is InChI=1S/C20H32FN4O11P.C10H12Cl2FN2O7P.C10H13FN2O6.3CH4/c1-6-33-14(27)11(3)23-37(32,24-12(4)15(28)34-7-2)35-10-20(21)16(29)19(5,31)17(36-20)25-9-8-13(26)22-18(25)30;1-9(19)6(17)10(13,4-21-23(11,12)20)22-7(9)15-3-2-5(16)14-8(15)18;1-9(18)6(16)10(11,4-14)19-7(9)13-3-2-5(15)12-8(13)17;;;/h8-9,11-12,16-17,29,31H,6-7,10H2,1-5H3,(H,22,26,30)(H2,23,24,32);2-3,6-7,17,19H,4H2,1H3,(H,14,16,18);2-3,6-7,14,16,18H,4H2,1H3,(H,12,15,17);3*1H4/t11-,12-,16-,17+,19+,20+;2*6-,7+,9+,10+;;;/m000.../s1. The van der Waals surface area contributed by atoms with Crippen molar-refractivity contribution in [2.24, 2.45) is 0 Å². The number of rotatable bonds is 18. The van der Waals surface area contributed by atoms with Gasteiger partial charge in [0, 0.05) is 36.8 Å². The zero-order valence-electron chi connectivity index (χ0n) is 42.3. The number of hydrogen-bond acceptors (Lipinski definition) is 24. The molecule has 0 radical (unpaired) electrons. The van der Waals surface area contributed by atoms with Crippen molar-refractivity contribution in [2.45, 2.75) is 154 Å². The lowest BCUT2D eigenvalue weighted by molar-refractivity contribution is -0.207. The Kier molecular flexibility index (Phi) is 26.1. The molecule has 3 fully saturated rings. The first kappa shape index (κ1) is 75.3. The van der Waals surface area contributed by atoms with E-state index in [0.717, 1.165) is 62.1 Å². The topological polar surface area (TPSA) is 463 Å². The van der Waals surface area contributed by atoms with Gasteiger partial charge in [-0.1, -0.05) is 22.3 Å². The number of H-pyrrole nitrogens is 3. The molecule has 0 amide bonds. The third-order valence-electron chi connectivity index (χ3n) is 11.7. The summed E-state index contributed by atoms with van der Waals surface area (Å²) in [6.45, 7) is 5.03. The molecular weight excluding hydrogens is 1200 g/mol. The van der Waals surface area contributed by atoms with Crippen molar-refractivity contribution >= 4 is 48.2 Å². The van der Waals surface area contributed by atoms with E-state index in [1.807, 2.05) is 15.0 Å². The monoisotopic (exact) mass is 1270 g/mol. The molecule has 6 heterocycles. The van der Waals surface area contributed by atoms with E-state index in [1.54, 1.807) is 13.8 Å². The van der Waals surface area contributed by atoms with Gasteiger partial charge in [-0.05, 0) is 70.9 Å². The summed E-state index contributed by atoms with van der Waals surface area (Å²) in [6, 6.07) is 0.316. The second-order valence-electron chi connectivity index (χ2n) is 18.1. The van der Waals surface area contributed by atoms with Crippen LogP contribution in [0.15, 0.2) is 65.6 Å². The van der Waals surface area contributed by atoms with Gasteiger partial charge in [-0.25, -0.2) is 37.7 Å². The quantitative estimate of drug-likeness (QED) is 0.0550. The molecule has 470 valence electrons. The zero-order valence-corrected chi connectivity index (χ0v) is 45.6. The van der Waals surface area contributed by atoms with Crippen LogP contribution in [0.3, 0.4) is 0 Å². The van der Waals surface area contributed by atoms with Gasteiger partial charge in [-0.15, -0.1) is 0 Å². The number of aromatic nitrogens is 6. The highest BCUT2D eigenvalue weighted by Crippen LogP contribution is 2.59. The SMILES string of the molecule is C.C.C.CCOC(=O)[C@H](C)NP(=O)(N[C@@H](C)C(=O)OCC)OC[C@@]1(F)O[C@@H](n2ccc(=O)[nH]c2=O)[C@](C)(O)[C@@H]1O.C[C@]1(O)[C@H](n2ccc(=O)[nH]c2=O)O[C@](F)(CO)[C@H]1O.C[C@]1(O)[C@H](n2ccc(=O)[nH]c2=O)O[C@](F)(COP(=O)(Cl)Cl)[C@H]1O. The number of nitrogens with zero attached hydrogens (tertiary/aromatic N) is 3. The van der Waals surface area contributed by atoms with E-state index in [2.05, 4.69) is 14.7 Å². The smallest absolute Gasteiger partial charge is 0.380 e. The molecule has 0 bridgehead atoms. The van der Waals surface area contributed by atoms with Gasteiger partial charge in [0.05, 0.1) is 13.2 Å². The Balaban J connectivity index is 0.000000643. The number of carbonyl (C=O) groups is 2. The summed E-state index contributed by atoms with van der Waals surface area (Å²) < 4.78 is 105. The highest BCUT2D eigenvalue weighted by atomic mass is 35.9. The Morgan fingerprint density at radius 2 is 0.902 bits per heavy atom. The molecule has 6 rings (SSSR count). The van der Waals surface area contributed by atoms with Crippen LogP contribution >= 0.6 is 36.2 Å². The Morgan fingerprint density at radius 1 is 0.622 bits per heavy atom. The Bertz CT molecular complexity index is 3110. The number of carbonyl (C=O) groups excluding carboxylic acids is 2. The van der Waals surface area contributed by atoms with Gasteiger partial charge in [0.2, 0.25) is 0 Å². The average molecular weight is 1270 g/mol. The van der Waals surface area contributed by atoms with Crippen LogP contribution in [-0.2, 0) is 51.5 Å². The minimum atomic E-state index is -4.49. The summed E-state index contributed by atoms with van der Waals surface area (Å²) in [5.41, 5.74) is -12.0.